The zero-order chi connectivity index (χ0) is 34.4. The number of hydrogen-bond donors (Lipinski definition) is 2. The Bertz CT molecular complexity index is 1510. The summed E-state index contributed by atoms with van der Waals surface area (Å²) in [5, 5.41) is 7.51. The summed E-state index contributed by atoms with van der Waals surface area (Å²) in [5.74, 6) is 2.82. The standard InChI is InChI=1S/C30H42N4O6S.CH4O3S/c1-19(2)34(20(3)4)30(36)21-9-12-25(27(17-21)37-5)39-15-8-7-14-38-22-10-11-23-26(18-22)40-33-28(23)32-29(35)24(31)13-16-41-6;1-5(2,3)4/h9-12,17-20,24H,7-8,13-16,31H2,1-6H3,(H,32,33,35);1H3,(H,2,3,4)/t24-;/m0./s1. The number of nitrogens with zero attached hydrogens (tertiary/aromatic N) is 2. The van der Waals surface area contributed by atoms with Gasteiger partial charge in [0.15, 0.2) is 28.9 Å². The molecule has 3 aromatic rings. The van der Waals surface area contributed by atoms with Gasteiger partial charge in [0, 0.05) is 36.4 Å². The highest BCUT2D eigenvalue weighted by atomic mass is 32.2. The minimum atomic E-state index is -3.92. The van der Waals surface area contributed by atoms with Crippen molar-refractivity contribution in [3.63, 3.8) is 0 Å². The molecule has 2 amide bonds. The Balaban J connectivity index is 0.00000136. The SMILES string of the molecule is COc1cc(C(=O)N(C(C)C)C(C)C)ccc1OCCCCOc1ccc2c(NC(=O)[C@@H]([NH3+])CCSC)noc2c1.CS(=O)(=O)[O-]. The minimum absolute atomic E-state index is 0.0324. The summed E-state index contributed by atoms with van der Waals surface area (Å²) in [6.07, 6.45) is 4.84. The molecule has 0 aliphatic heterocycles. The summed E-state index contributed by atoms with van der Waals surface area (Å²) in [6, 6.07) is 10.5. The van der Waals surface area contributed by atoms with Gasteiger partial charge in [0.05, 0.1) is 35.8 Å². The van der Waals surface area contributed by atoms with E-state index in [9.17, 15) is 9.59 Å². The predicted octanol–water partition coefficient (Wildman–Crippen LogP) is 3.80. The first kappa shape index (κ1) is 38.7. The van der Waals surface area contributed by atoms with Crippen LogP contribution < -0.4 is 25.3 Å². The summed E-state index contributed by atoms with van der Waals surface area (Å²) in [6.45, 7) is 9.01. The molecular weight excluding hydrogens is 636 g/mol. The third kappa shape index (κ3) is 12.7. The average Bonchev–Trinajstić information content (AvgIpc) is 3.37. The number of fused-ring (bicyclic) bond motifs is 1. The van der Waals surface area contributed by atoms with E-state index in [-0.39, 0.29) is 29.9 Å². The number of unbranched alkanes of at least 4 members (excludes halogenated alkanes) is 1. The highest BCUT2D eigenvalue weighted by Gasteiger charge is 2.23. The predicted molar refractivity (Wildman–Crippen MR) is 178 cm³/mol. The van der Waals surface area contributed by atoms with Gasteiger partial charge < -0.3 is 39.2 Å². The van der Waals surface area contributed by atoms with E-state index in [4.69, 9.17) is 31.7 Å². The molecule has 15 heteroatoms. The molecule has 0 unspecified atom stereocenters. The largest absolute Gasteiger partial charge is 0.748 e. The van der Waals surface area contributed by atoms with Crippen LogP contribution in [0, 0.1) is 0 Å². The maximum Gasteiger partial charge on any atom is 0.283 e. The van der Waals surface area contributed by atoms with Gasteiger partial charge in [0.25, 0.3) is 11.8 Å². The molecule has 0 spiro atoms. The lowest BCUT2D eigenvalue weighted by atomic mass is 10.1. The normalized spacial score (nSPS) is 12.0. The van der Waals surface area contributed by atoms with Crippen LogP contribution >= 0.6 is 11.8 Å². The third-order valence-corrected chi connectivity index (χ3v) is 7.19. The molecule has 256 valence electrons. The number of thioether (sulfide) groups is 1. The molecule has 1 atom stereocenters. The summed E-state index contributed by atoms with van der Waals surface area (Å²) < 4.78 is 49.9. The maximum absolute atomic E-state index is 13.0. The van der Waals surface area contributed by atoms with Crippen molar-refractivity contribution in [2.45, 2.75) is 65.1 Å². The maximum atomic E-state index is 13.0. The van der Waals surface area contributed by atoms with Crippen LogP contribution in [0.3, 0.4) is 0 Å². The third-order valence-electron chi connectivity index (χ3n) is 6.55. The number of rotatable bonds is 16. The minimum Gasteiger partial charge on any atom is -0.748 e. The fraction of sp³-hybridized carbons (Fsp3) is 0.516. The van der Waals surface area contributed by atoms with Crippen LogP contribution in [0.4, 0.5) is 5.82 Å². The van der Waals surface area contributed by atoms with Crippen LogP contribution in [0.5, 0.6) is 17.2 Å². The van der Waals surface area contributed by atoms with E-state index in [1.54, 1.807) is 43.1 Å². The van der Waals surface area contributed by atoms with Crippen LogP contribution in [-0.4, -0.2) is 91.6 Å². The Labute approximate surface area is 275 Å². The topological polar surface area (TPSA) is 188 Å². The van der Waals surface area contributed by atoms with Crippen molar-refractivity contribution in [1.82, 2.24) is 10.1 Å². The number of ether oxygens (including phenoxy) is 3. The van der Waals surface area contributed by atoms with E-state index in [1.165, 1.54) is 0 Å². The quantitative estimate of drug-likeness (QED) is 0.165. The number of hydrogen-bond acceptors (Lipinski definition) is 11. The lowest BCUT2D eigenvalue weighted by Gasteiger charge is -2.31. The van der Waals surface area contributed by atoms with Gasteiger partial charge in [-0.25, -0.2) is 8.42 Å². The van der Waals surface area contributed by atoms with E-state index < -0.39 is 10.1 Å². The molecule has 46 heavy (non-hydrogen) atoms. The van der Waals surface area contributed by atoms with Crippen molar-refractivity contribution in [3.05, 3.63) is 42.0 Å². The van der Waals surface area contributed by atoms with Gasteiger partial charge in [-0.2, -0.15) is 11.8 Å². The number of methoxy groups -OCH3 is 1. The van der Waals surface area contributed by atoms with Crippen molar-refractivity contribution in [2.24, 2.45) is 0 Å². The van der Waals surface area contributed by atoms with Crippen LogP contribution in [0.1, 0.15) is 57.3 Å². The first-order chi connectivity index (χ1) is 21.7. The van der Waals surface area contributed by atoms with Crippen molar-refractivity contribution in [1.29, 1.82) is 0 Å². The van der Waals surface area contributed by atoms with Crippen molar-refractivity contribution in [3.8, 4) is 17.2 Å². The van der Waals surface area contributed by atoms with Crippen molar-refractivity contribution < 1.29 is 47.0 Å². The first-order valence-corrected chi connectivity index (χ1v) is 18.1. The first-order valence-electron chi connectivity index (χ1n) is 14.9. The fourth-order valence-corrected chi connectivity index (χ4v) is 4.94. The molecule has 3 rings (SSSR count). The Morgan fingerprint density at radius 3 is 2.26 bits per heavy atom. The van der Waals surface area contributed by atoms with Crippen LogP contribution in [0.2, 0.25) is 0 Å². The van der Waals surface area contributed by atoms with Gasteiger partial charge in [-0.1, -0.05) is 5.16 Å². The second kappa shape index (κ2) is 18.6. The van der Waals surface area contributed by atoms with E-state index in [0.717, 1.165) is 18.6 Å². The van der Waals surface area contributed by atoms with Gasteiger partial charge in [0.2, 0.25) is 0 Å². The molecule has 4 N–H and O–H groups in total. The van der Waals surface area contributed by atoms with E-state index in [1.807, 2.05) is 51.0 Å². The molecule has 1 aromatic heterocycles. The second-order valence-electron chi connectivity index (χ2n) is 11.0. The number of carbonyl (C=O) groups is 2. The molecule has 0 saturated heterocycles. The smallest absolute Gasteiger partial charge is 0.283 e. The Morgan fingerprint density at radius 1 is 1.04 bits per heavy atom. The highest BCUT2D eigenvalue weighted by molar-refractivity contribution is 7.98. The second-order valence-corrected chi connectivity index (χ2v) is 13.4. The monoisotopic (exact) mass is 682 g/mol. The van der Waals surface area contributed by atoms with Crippen molar-refractivity contribution in [2.75, 3.05) is 43.9 Å². The number of aromatic nitrogens is 1. The number of carbonyl (C=O) groups excluding carboxylic acids is 2. The molecule has 0 aliphatic carbocycles. The number of amides is 2. The lowest BCUT2D eigenvalue weighted by molar-refractivity contribution is -0.402. The van der Waals surface area contributed by atoms with Gasteiger partial charge in [-0.05, 0) is 82.9 Å². The van der Waals surface area contributed by atoms with E-state index >= 15 is 0 Å². The molecule has 1 heterocycles. The van der Waals surface area contributed by atoms with E-state index in [0.29, 0.717) is 65.5 Å². The molecule has 2 aromatic carbocycles. The van der Waals surface area contributed by atoms with E-state index in [2.05, 4.69) is 16.2 Å². The molecule has 0 fully saturated rings. The molecule has 0 bridgehead atoms. The number of benzene rings is 2. The zero-order valence-corrected chi connectivity index (χ0v) is 29.2. The highest BCUT2D eigenvalue weighted by Crippen LogP contribution is 2.30. The molecule has 13 nitrogen and oxygen atoms in total. The fourth-order valence-electron chi connectivity index (χ4n) is 4.42. The van der Waals surface area contributed by atoms with Crippen LogP contribution in [-0.2, 0) is 14.9 Å². The number of quaternary nitrogens is 1. The summed E-state index contributed by atoms with van der Waals surface area (Å²) in [7, 11) is -2.35. The molecular formula is C31H46N4O9S2. The van der Waals surface area contributed by atoms with Crippen LogP contribution in [0.15, 0.2) is 40.9 Å². The van der Waals surface area contributed by atoms with Gasteiger partial charge in [0.1, 0.15) is 5.75 Å². The van der Waals surface area contributed by atoms with Crippen molar-refractivity contribution >= 4 is 50.5 Å². The van der Waals surface area contributed by atoms with Crippen LogP contribution in [0.25, 0.3) is 11.0 Å². The Kier molecular flexibility index (Phi) is 15.6. The summed E-state index contributed by atoms with van der Waals surface area (Å²) in [5.41, 5.74) is 5.03. The Morgan fingerprint density at radius 2 is 1.67 bits per heavy atom. The number of anilines is 1. The Hall–Kier alpha value is -3.53. The van der Waals surface area contributed by atoms with Gasteiger partial charge in [-0.15, -0.1) is 0 Å². The summed E-state index contributed by atoms with van der Waals surface area (Å²) in [4.78, 5) is 27.2. The number of nitrogens with one attached hydrogen (secondary N) is 1. The lowest BCUT2D eigenvalue weighted by Crippen LogP contribution is -2.66. The molecule has 0 aliphatic rings. The molecule has 0 saturated carbocycles. The van der Waals surface area contributed by atoms with Gasteiger partial charge >= 0.3 is 0 Å². The summed E-state index contributed by atoms with van der Waals surface area (Å²) >= 11 is 1.68. The van der Waals surface area contributed by atoms with Gasteiger partial charge in [-0.3, -0.25) is 9.59 Å². The zero-order valence-electron chi connectivity index (χ0n) is 27.5. The average molecular weight is 683 g/mol. The molecule has 0 radical (unpaired) electrons.